The number of carboxylic acids is 1. The first kappa shape index (κ1) is 17.5. The number of aromatic carboxylic acids is 1. The molecule has 3 heterocycles. The molecule has 1 atom stereocenters. The molecule has 1 fully saturated rings. The maximum atomic E-state index is 11.3. The van der Waals surface area contributed by atoms with Gasteiger partial charge in [-0.15, -0.1) is 0 Å². The third kappa shape index (κ3) is 4.42. The van der Waals surface area contributed by atoms with Crippen LogP contribution in [0.1, 0.15) is 60.4 Å². The summed E-state index contributed by atoms with van der Waals surface area (Å²) in [5, 5.41) is 13.4. The van der Waals surface area contributed by atoms with E-state index < -0.39 is 5.97 Å². The first-order chi connectivity index (χ1) is 12.0. The number of nitrogens with zero attached hydrogens (tertiary/aromatic N) is 4. The molecule has 0 amide bonds. The Balaban J connectivity index is 1.67. The van der Waals surface area contributed by atoms with Crippen LogP contribution >= 0.6 is 0 Å². The lowest BCUT2D eigenvalue weighted by Gasteiger charge is -2.30. The Morgan fingerprint density at radius 2 is 2.32 bits per heavy atom. The highest BCUT2D eigenvalue weighted by Gasteiger charge is 2.27. The van der Waals surface area contributed by atoms with Crippen LogP contribution in [-0.4, -0.2) is 44.2 Å². The molecular formula is C18H24N4O3. The van der Waals surface area contributed by atoms with E-state index in [4.69, 9.17) is 4.52 Å². The predicted octanol–water partition coefficient (Wildman–Crippen LogP) is 2.74. The zero-order valence-corrected chi connectivity index (χ0v) is 14.7. The highest BCUT2D eigenvalue weighted by atomic mass is 16.5. The molecule has 134 valence electrons. The highest BCUT2D eigenvalue weighted by molar-refractivity contribution is 5.88. The molecule has 1 N–H and O–H groups in total. The number of rotatable bonds is 6. The van der Waals surface area contributed by atoms with Gasteiger partial charge in [0.15, 0.2) is 5.82 Å². The number of hydrogen-bond donors (Lipinski definition) is 1. The summed E-state index contributed by atoms with van der Waals surface area (Å²) in [6.07, 6.45) is 4.48. The molecule has 0 spiro atoms. The largest absolute Gasteiger partial charge is 0.478 e. The van der Waals surface area contributed by atoms with Crippen molar-refractivity contribution in [2.45, 2.75) is 45.6 Å². The molecule has 7 nitrogen and oxygen atoms in total. The molecule has 25 heavy (non-hydrogen) atoms. The monoisotopic (exact) mass is 344 g/mol. The van der Waals surface area contributed by atoms with E-state index in [1.165, 1.54) is 0 Å². The lowest BCUT2D eigenvalue weighted by atomic mass is 9.97. The van der Waals surface area contributed by atoms with E-state index in [0.29, 0.717) is 24.0 Å². The molecule has 2 aromatic heterocycles. The fraction of sp³-hybridized carbons (Fsp3) is 0.556. The van der Waals surface area contributed by atoms with E-state index in [-0.39, 0.29) is 11.5 Å². The third-order valence-electron chi connectivity index (χ3n) is 4.42. The normalized spacial score (nSPS) is 18.6. The second kappa shape index (κ2) is 7.74. The minimum absolute atomic E-state index is 0.194. The average Bonchev–Trinajstić information content (AvgIpc) is 3.03. The van der Waals surface area contributed by atoms with Crippen LogP contribution in [0.25, 0.3) is 0 Å². The number of likely N-dealkylation sites (tertiary alicyclic amines) is 1. The van der Waals surface area contributed by atoms with Crippen molar-refractivity contribution in [3.63, 3.8) is 0 Å². The molecule has 1 saturated heterocycles. The molecule has 0 aliphatic carbocycles. The lowest BCUT2D eigenvalue weighted by molar-refractivity contribution is 0.0693. The van der Waals surface area contributed by atoms with Crippen LogP contribution in [-0.2, 0) is 13.0 Å². The van der Waals surface area contributed by atoms with Crippen molar-refractivity contribution in [1.82, 2.24) is 20.0 Å². The second-order valence-electron chi connectivity index (χ2n) is 7.02. The second-order valence-corrected chi connectivity index (χ2v) is 7.02. The van der Waals surface area contributed by atoms with Gasteiger partial charge < -0.3 is 9.63 Å². The topological polar surface area (TPSA) is 92.4 Å². The van der Waals surface area contributed by atoms with Gasteiger partial charge in [0.05, 0.1) is 17.2 Å². The SMILES string of the molecule is CC(C)Cc1noc([C@@H]2CCCN(Cc3ncccc3C(=O)O)C2)n1. The minimum atomic E-state index is -0.938. The number of hydrogen-bond acceptors (Lipinski definition) is 6. The summed E-state index contributed by atoms with van der Waals surface area (Å²) in [7, 11) is 0. The van der Waals surface area contributed by atoms with Gasteiger partial charge in [-0.2, -0.15) is 4.98 Å². The van der Waals surface area contributed by atoms with E-state index in [1.807, 2.05) is 0 Å². The number of carboxylic acid groups (broad SMARTS) is 1. The summed E-state index contributed by atoms with van der Waals surface area (Å²) in [6, 6.07) is 3.25. The quantitative estimate of drug-likeness (QED) is 0.861. The van der Waals surface area contributed by atoms with Crippen molar-refractivity contribution in [3.8, 4) is 0 Å². The molecule has 1 aliphatic heterocycles. The van der Waals surface area contributed by atoms with E-state index in [2.05, 4.69) is 33.9 Å². The maximum Gasteiger partial charge on any atom is 0.337 e. The summed E-state index contributed by atoms with van der Waals surface area (Å²) in [5.74, 6) is 1.21. The lowest BCUT2D eigenvalue weighted by Crippen LogP contribution is -2.34. The molecule has 0 bridgehead atoms. The zero-order chi connectivity index (χ0) is 17.8. The van der Waals surface area contributed by atoms with E-state index in [9.17, 15) is 9.90 Å². The number of pyridine rings is 1. The van der Waals surface area contributed by atoms with E-state index in [1.54, 1.807) is 18.3 Å². The van der Waals surface area contributed by atoms with Crippen LogP contribution < -0.4 is 0 Å². The first-order valence-corrected chi connectivity index (χ1v) is 8.75. The Morgan fingerprint density at radius 1 is 1.48 bits per heavy atom. The molecule has 0 unspecified atom stereocenters. The summed E-state index contributed by atoms with van der Waals surface area (Å²) in [4.78, 5) is 22.4. The van der Waals surface area contributed by atoms with Crippen LogP contribution in [0.4, 0.5) is 0 Å². The van der Waals surface area contributed by atoms with Crippen LogP contribution in [0.2, 0.25) is 0 Å². The van der Waals surface area contributed by atoms with Gasteiger partial charge in [-0.05, 0) is 37.4 Å². The van der Waals surface area contributed by atoms with Crippen molar-refractivity contribution in [2.24, 2.45) is 5.92 Å². The number of piperidine rings is 1. The Labute approximate surface area is 147 Å². The first-order valence-electron chi connectivity index (χ1n) is 8.75. The fourth-order valence-corrected chi connectivity index (χ4v) is 3.25. The summed E-state index contributed by atoms with van der Waals surface area (Å²) in [5.41, 5.74) is 0.864. The van der Waals surface area contributed by atoms with Crippen molar-refractivity contribution >= 4 is 5.97 Å². The maximum absolute atomic E-state index is 11.3. The van der Waals surface area contributed by atoms with E-state index >= 15 is 0 Å². The van der Waals surface area contributed by atoms with Gasteiger partial charge in [-0.25, -0.2) is 4.79 Å². The standard InChI is InChI=1S/C18H24N4O3/c1-12(2)9-16-20-17(25-21-16)13-5-4-8-22(10-13)11-15-14(18(23)24)6-3-7-19-15/h3,6-7,12-13H,4-5,8-11H2,1-2H3,(H,23,24)/t13-/m1/s1. The number of aromatic nitrogens is 3. The van der Waals surface area contributed by atoms with Gasteiger partial charge >= 0.3 is 5.97 Å². The van der Waals surface area contributed by atoms with Gasteiger partial charge in [0, 0.05) is 25.7 Å². The Bertz CT molecular complexity index is 729. The van der Waals surface area contributed by atoms with Gasteiger partial charge in [-0.1, -0.05) is 19.0 Å². The average molecular weight is 344 g/mol. The Kier molecular flexibility index (Phi) is 5.43. The molecule has 0 radical (unpaired) electrons. The minimum Gasteiger partial charge on any atom is -0.478 e. The van der Waals surface area contributed by atoms with Crippen molar-refractivity contribution in [2.75, 3.05) is 13.1 Å². The van der Waals surface area contributed by atoms with Crippen molar-refractivity contribution < 1.29 is 14.4 Å². The smallest absolute Gasteiger partial charge is 0.337 e. The van der Waals surface area contributed by atoms with Crippen LogP contribution in [0.5, 0.6) is 0 Å². The molecular weight excluding hydrogens is 320 g/mol. The molecule has 7 heteroatoms. The fourth-order valence-electron chi connectivity index (χ4n) is 3.25. The molecule has 0 saturated carbocycles. The van der Waals surface area contributed by atoms with Crippen molar-refractivity contribution in [3.05, 3.63) is 41.3 Å². The third-order valence-corrected chi connectivity index (χ3v) is 4.42. The predicted molar refractivity (Wildman–Crippen MR) is 91.3 cm³/mol. The van der Waals surface area contributed by atoms with Crippen LogP contribution in [0, 0.1) is 5.92 Å². The van der Waals surface area contributed by atoms with Gasteiger partial charge in [0.25, 0.3) is 0 Å². The molecule has 1 aliphatic rings. The highest BCUT2D eigenvalue weighted by Crippen LogP contribution is 2.27. The Hall–Kier alpha value is -2.28. The van der Waals surface area contributed by atoms with E-state index in [0.717, 1.165) is 38.2 Å². The summed E-state index contributed by atoms with van der Waals surface area (Å²) in [6.45, 7) is 6.47. The van der Waals surface area contributed by atoms with Gasteiger partial charge in [-0.3, -0.25) is 9.88 Å². The van der Waals surface area contributed by atoms with Crippen LogP contribution in [0.15, 0.2) is 22.9 Å². The van der Waals surface area contributed by atoms with Crippen LogP contribution in [0.3, 0.4) is 0 Å². The van der Waals surface area contributed by atoms with Crippen molar-refractivity contribution in [1.29, 1.82) is 0 Å². The molecule has 3 rings (SSSR count). The van der Waals surface area contributed by atoms with Gasteiger partial charge in [0.1, 0.15) is 0 Å². The summed E-state index contributed by atoms with van der Waals surface area (Å²) >= 11 is 0. The molecule has 0 aromatic carbocycles. The van der Waals surface area contributed by atoms with Gasteiger partial charge in [0.2, 0.25) is 5.89 Å². The Morgan fingerprint density at radius 3 is 3.08 bits per heavy atom. The number of carbonyl (C=O) groups is 1. The summed E-state index contributed by atoms with van der Waals surface area (Å²) < 4.78 is 5.47. The molecule has 2 aromatic rings. The zero-order valence-electron chi connectivity index (χ0n) is 14.7.